The number of aliphatic hydroxyl groups excluding tert-OH is 2. The Morgan fingerprint density at radius 1 is 0.889 bits per heavy atom. The maximum absolute atomic E-state index is 9.77. The lowest BCUT2D eigenvalue weighted by molar-refractivity contribution is -0.137. The van der Waals surface area contributed by atoms with Gasteiger partial charge in [0.05, 0.1) is 23.6 Å². The first-order valence-electron chi connectivity index (χ1n) is 6.04. The number of ether oxygens (including phenoxy) is 2. The van der Waals surface area contributed by atoms with Crippen LogP contribution < -0.4 is 0 Å². The number of aromatic nitrogens is 1. The molecule has 1 rings (SSSR count). The molecule has 102 valence electrons. The molecule has 0 saturated heterocycles. The normalized spacial score (nSPS) is 15.1. The van der Waals surface area contributed by atoms with Crippen LogP contribution in [0, 0.1) is 0 Å². The van der Waals surface area contributed by atoms with Crippen molar-refractivity contribution in [3.63, 3.8) is 0 Å². The van der Waals surface area contributed by atoms with Crippen LogP contribution in [0.3, 0.4) is 0 Å². The first-order valence-corrected chi connectivity index (χ1v) is 6.04. The Morgan fingerprint density at radius 3 is 1.61 bits per heavy atom. The number of hydrogen-bond acceptors (Lipinski definition) is 5. The van der Waals surface area contributed by atoms with Crippen LogP contribution in [0.1, 0.15) is 51.7 Å². The lowest BCUT2D eigenvalue weighted by atomic mass is 10.3. The second-order valence-corrected chi connectivity index (χ2v) is 4.56. The van der Waals surface area contributed by atoms with Gasteiger partial charge in [-0.2, -0.15) is 0 Å². The van der Waals surface area contributed by atoms with Crippen molar-refractivity contribution in [3.05, 3.63) is 29.6 Å². The third-order valence-electron chi connectivity index (χ3n) is 2.10. The zero-order chi connectivity index (χ0) is 13.7. The molecule has 5 heteroatoms. The number of rotatable bonds is 6. The summed E-state index contributed by atoms with van der Waals surface area (Å²) in [6, 6.07) is 4.97. The molecule has 1 heterocycles. The van der Waals surface area contributed by atoms with Gasteiger partial charge in [0.2, 0.25) is 0 Å². The van der Waals surface area contributed by atoms with E-state index in [1.807, 2.05) is 27.7 Å². The Morgan fingerprint density at radius 2 is 1.28 bits per heavy atom. The number of aliphatic hydroxyl groups is 2. The van der Waals surface area contributed by atoms with Crippen LogP contribution in [-0.2, 0) is 9.47 Å². The van der Waals surface area contributed by atoms with Crippen LogP contribution in [-0.4, -0.2) is 27.4 Å². The Kier molecular flexibility index (Phi) is 5.68. The van der Waals surface area contributed by atoms with E-state index in [9.17, 15) is 10.2 Å². The van der Waals surface area contributed by atoms with E-state index in [4.69, 9.17) is 9.47 Å². The third kappa shape index (κ3) is 4.70. The predicted octanol–water partition coefficient (Wildman–Crippen LogP) is 1.91. The molecule has 0 aliphatic carbocycles. The fourth-order valence-electron chi connectivity index (χ4n) is 1.40. The highest BCUT2D eigenvalue weighted by Gasteiger charge is 2.16. The molecule has 0 spiro atoms. The molecule has 0 aliphatic rings. The van der Waals surface area contributed by atoms with E-state index in [1.165, 1.54) is 0 Å². The largest absolute Gasteiger partial charge is 0.363 e. The molecule has 2 unspecified atom stereocenters. The number of hydrogen-bond donors (Lipinski definition) is 2. The van der Waals surface area contributed by atoms with Crippen molar-refractivity contribution in [3.8, 4) is 0 Å². The molecular formula is C13H21NO4. The number of nitrogens with zero attached hydrogens (tertiary/aromatic N) is 1. The quantitative estimate of drug-likeness (QED) is 0.760. The molecule has 0 amide bonds. The molecule has 0 aliphatic heterocycles. The van der Waals surface area contributed by atoms with Gasteiger partial charge in [-0.3, -0.25) is 0 Å². The molecular weight excluding hydrogens is 234 g/mol. The average molecular weight is 255 g/mol. The van der Waals surface area contributed by atoms with Crippen LogP contribution in [0.2, 0.25) is 0 Å². The number of pyridine rings is 1. The minimum absolute atomic E-state index is 0.109. The van der Waals surface area contributed by atoms with Crippen LogP contribution >= 0.6 is 0 Å². The second kappa shape index (κ2) is 6.80. The maximum atomic E-state index is 9.77. The van der Waals surface area contributed by atoms with Crippen molar-refractivity contribution >= 4 is 0 Å². The molecule has 5 nitrogen and oxygen atoms in total. The van der Waals surface area contributed by atoms with Crippen LogP contribution in [0.4, 0.5) is 0 Å². The fourth-order valence-corrected chi connectivity index (χ4v) is 1.40. The van der Waals surface area contributed by atoms with Crippen molar-refractivity contribution in [1.82, 2.24) is 4.98 Å². The first-order chi connectivity index (χ1) is 8.40. The molecule has 0 fully saturated rings. The smallest absolute Gasteiger partial charge is 0.198 e. The minimum Gasteiger partial charge on any atom is -0.363 e. The molecule has 1 aromatic heterocycles. The SMILES string of the molecule is CC(C)OC(O)c1cccc(C(O)OC(C)C)n1. The summed E-state index contributed by atoms with van der Waals surface area (Å²) in [5.41, 5.74) is 0.709. The monoisotopic (exact) mass is 255 g/mol. The second-order valence-electron chi connectivity index (χ2n) is 4.56. The maximum Gasteiger partial charge on any atom is 0.198 e. The van der Waals surface area contributed by atoms with Crippen LogP contribution in [0.15, 0.2) is 18.2 Å². The van der Waals surface area contributed by atoms with E-state index in [-0.39, 0.29) is 12.2 Å². The summed E-state index contributed by atoms with van der Waals surface area (Å²) < 4.78 is 10.4. The van der Waals surface area contributed by atoms with Crippen molar-refractivity contribution in [2.75, 3.05) is 0 Å². The summed E-state index contributed by atoms with van der Waals surface area (Å²) in [6.07, 6.45) is -2.42. The zero-order valence-electron chi connectivity index (χ0n) is 11.2. The zero-order valence-corrected chi connectivity index (χ0v) is 11.2. The van der Waals surface area contributed by atoms with Gasteiger partial charge in [0, 0.05) is 0 Å². The highest BCUT2D eigenvalue weighted by molar-refractivity contribution is 5.13. The van der Waals surface area contributed by atoms with Gasteiger partial charge in [0.25, 0.3) is 0 Å². The predicted molar refractivity (Wildman–Crippen MR) is 66.6 cm³/mol. The lowest BCUT2D eigenvalue weighted by Crippen LogP contribution is -2.15. The van der Waals surface area contributed by atoms with Gasteiger partial charge < -0.3 is 19.7 Å². The van der Waals surface area contributed by atoms with Gasteiger partial charge in [-0.15, -0.1) is 0 Å². The highest BCUT2D eigenvalue weighted by Crippen LogP contribution is 2.18. The molecule has 0 bridgehead atoms. The van der Waals surface area contributed by atoms with Gasteiger partial charge >= 0.3 is 0 Å². The lowest BCUT2D eigenvalue weighted by Gasteiger charge is -2.17. The van der Waals surface area contributed by atoms with E-state index in [2.05, 4.69) is 4.98 Å². The first kappa shape index (κ1) is 15.0. The van der Waals surface area contributed by atoms with Crippen molar-refractivity contribution in [2.24, 2.45) is 0 Å². The van der Waals surface area contributed by atoms with E-state index >= 15 is 0 Å². The van der Waals surface area contributed by atoms with Crippen LogP contribution in [0.5, 0.6) is 0 Å². The van der Waals surface area contributed by atoms with Crippen LogP contribution in [0.25, 0.3) is 0 Å². The average Bonchev–Trinajstić information content (AvgIpc) is 2.27. The molecule has 18 heavy (non-hydrogen) atoms. The summed E-state index contributed by atoms with van der Waals surface area (Å²) in [4.78, 5) is 4.13. The topological polar surface area (TPSA) is 71.8 Å². The van der Waals surface area contributed by atoms with Crippen molar-refractivity contribution in [2.45, 2.75) is 52.5 Å². The summed E-state index contributed by atoms with van der Waals surface area (Å²) in [5.74, 6) is 0. The van der Waals surface area contributed by atoms with Gasteiger partial charge in [-0.05, 0) is 39.8 Å². The highest BCUT2D eigenvalue weighted by atomic mass is 16.6. The standard InChI is InChI=1S/C13H21NO4/c1-8(2)17-12(15)10-6-5-7-11(14-10)13(16)18-9(3)4/h5-9,12-13,15-16H,1-4H3. The van der Waals surface area contributed by atoms with E-state index in [1.54, 1.807) is 18.2 Å². The van der Waals surface area contributed by atoms with E-state index < -0.39 is 12.6 Å². The molecule has 2 atom stereocenters. The molecule has 0 radical (unpaired) electrons. The molecule has 1 aromatic rings. The van der Waals surface area contributed by atoms with Crippen molar-refractivity contribution in [1.29, 1.82) is 0 Å². The Balaban J connectivity index is 2.78. The van der Waals surface area contributed by atoms with Gasteiger partial charge in [-0.25, -0.2) is 4.98 Å². The Labute approximate surface area is 107 Å². The van der Waals surface area contributed by atoms with E-state index in [0.717, 1.165) is 0 Å². The Hall–Kier alpha value is -1.01. The van der Waals surface area contributed by atoms with Gasteiger partial charge in [0.15, 0.2) is 12.6 Å². The Bertz CT molecular complexity index is 337. The summed E-state index contributed by atoms with van der Waals surface area (Å²) in [6.45, 7) is 7.29. The van der Waals surface area contributed by atoms with Crippen molar-refractivity contribution < 1.29 is 19.7 Å². The summed E-state index contributed by atoms with van der Waals surface area (Å²) in [7, 11) is 0. The summed E-state index contributed by atoms with van der Waals surface area (Å²) >= 11 is 0. The molecule has 2 N–H and O–H groups in total. The van der Waals surface area contributed by atoms with Gasteiger partial charge in [-0.1, -0.05) is 6.07 Å². The fraction of sp³-hybridized carbons (Fsp3) is 0.615. The minimum atomic E-state index is -1.10. The summed E-state index contributed by atoms with van der Waals surface area (Å²) in [5, 5.41) is 19.5. The third-order valence-corrected chi connectivity index (χ3v) is 2.10. The molecule has 0 aromatic carbocycles. The van der Waals surface area contributed by atoms with Gasteiger partial charge in [0.1, 0.15) is 0 Å². The molecule has 0 saturated carbocycles. The van der Waals surface area contributed by atoms with E-state index in [0.29, 0.717) is 11.4 Å².